The van der Waals surface area contributed by atoms with Gasteiger partial charge in [0.05, 0.1) is 0 Å². The van der Waals surface area contributed by atoms with Gasteiger partial charge in [-0.2, -0.15) is 0 Å². The van der Waals surface area contributed by atoms with E-state index in [1.807, 2.05) is 13.8 Å². The summed E-state index contributed by atoms with van der Waals surface area (Å²) in [7, 11) is 0. The van der Waals surface area contributed by atoms with Crippen molar-refractivity contribution in [3.8, 4) is 0 Å². The first-order chi connectivity index (χ1) is 5.66. The van der Waals surface area contributed by atoms with Crippen molar-refractivity contribution in [2.75, 3.05) is 6.54 Å². The van der Waals surface area contributed by atoms with Gasteiger partial charge in [0.15, 0.2) is 0 Å². The summed E-state index contributed by atoms with van der Waals surface area (Å²) >= 11 is 0. The Morgan fingerprint density at radius 1 is 1.33 bits per heavy atom. The van der Waals surface area contributed by atoms with Crippen LogP contribution < -0.4 is 5.73 Å². The van der Waals surface area contributed by atoms with Crippen molar-refractivity contribution in [1.29, 1.82) is 0 Å². The van der Waals surface area contributed by atoms with Gasteiger partial charge >= 0.3 is 0 Å². The van der Waals surface area contributed by atoms with Crippen molar-refractivity contribution in [3.05, 3.63) is 36.7 Å². The SMILES string of the molecule is C=C(F)/C=C\C(=C)CCN.CC. The molecular weight excluding hydrogens is 153 g/mol. The predicted molar refractivity (Wildman–Crippen MR) is 53.5 cm³/mol. The Balaban J connectivity index is 0. The first-order valence-electron chi connectivity index (χ1n) is 4.07. The Labute approximate surface area is 74.5 Å². The van der Waals surface area contributed by atoms with Crippen LogP contribution >= 0.6 is 0 Å². The molecule has 0 fully saturated rings. The molecule has 0 saturated heterocycles. The van der Waals surface area contributed by atoms with Crippen molar-refractivity contribution in [1.82, 2.24) is 0 Å². The molecule has 0 amide bonds. The third-order valence-corrected chi connectivity index (χ3v) is 0.965. The van der Waals surface area contributed by atoms with Gasteiger partial charge in [0.25, 0.3) is 0 Å². The Bertz CT molecular complexity index is 159. The molecule has 0 aliphatic heterocycles. The second-order valence-electron chi connectivity index (χ2n) is 1.98. The Hall–Kier alpha value is -0.890. The van der Waals surface area contributed by atoms with Gasteiger partial charge in [-0.25, -0.2) is 4.39 Å². The number of hydrogen-bond acceptors (Lipinski definition) is 1. The van der Waals surface area contributed by atoms with Crippen molar-refractivity contribution in [2.24, 2.45) is 5.73 Å². The van der Waals surface area contributed by atoms with E-state index < -0.39 is 5.83 Å². The van der Waals surface area contributed by atoms with Crippen LogP contribution in [0.25, 0.3) is 0 Å². The van der Waals surface area contributed by atoms with Gasteiger partial charge in [-0.3, -0.25) is 0 Å². The normalized spacial score (nSPS) is 9.00. The minimum Gasteiger partial charge on any atom is -0.330 e. The first kappa shape index (κ1) is 13.7. The van der Waals surface area contributed by atoms with Gasteiger partial charge < -0.3 is 5.73 Å². The van der Waals surface area contributed by atoms with Crippen LogP contribution in [0.1, 0.15) is 20.3 Å². The molecule has 1 nitrogen and oxygen atoms in total. The molecule has 12 heavy (non-hydrogen) atoms. The van der Waals surface area contributed by atoms with E-state index >= 15 is 0 Å². The molecular formula is C10H18FN. The Morgan fingerprint density at radius 2 is 1.83 bits per heavy atom. The van der Waals surface area contributed by atoms with Crippen LogP contribution in [0.15, 0.2) is 36.7 Å². The number of allylic oxidation sites excluding steroid dienone is 3. The highest BCUT2D eigenvalue weighted by Gasteiger charge is 1.85. The van der Waals surface area contributed by atoms with Crippen LogP contribution in [0.2, 0.25) is 0 Å². The molecule has 0 aromatic heterocycles. The number of hydrogen-bond donors (Lipinski definition) is 1. The maximum Gasteiger partial charge on any atom is 0.116 e. The molecule has 0 unspecified atom stereocenters. The van der Waals surface area contributed by atoms with E-state index in [0.29, 0.717) is 13.0 Å². The molecule has 0 saturated carbocycles. The molecule has 0 heterocycles. The summed E-state index contributed by atoms with van der Waals surface area (Å²) in [4.78, 5) is 0. The van der Waals surface area contributed by atoms with Gasteiger partial charge in [-0.05, 0) is 19.0 Å². The molecule has 0 radical (unpaired) electrons. The fraction of sp³-hybridized carbons (Fsp3) is 0.400. The molecule has 0 aromatic carbocycles. The zero-order valence-electron chi connectivity index (χ0n) is 7.94. The van der Waals surface area contributed by atoms with Crippen LogP contribution in [0, 0.1) is 0 Å². The van der Waals surface area contributed by atoms with Crippen molar-refractivity contribution >= 4 is 0 Å². The minimum absolute atomic E-state index is 0.460. The zero-order valence-corrected chi connectivity index (χ0v) is 7.94. The zero-order chi connectivity index (χ0) is 9.98. The lowest BCUT2D eigenvalue weighted by molar-refractivity contribution is 0.671. The van der Waals surface area contributed by atoms with Crippen molar-refractivity contribution in [3.63, 3.8) is 0 Å². The second-order valence-corrected chi connectivity index (χ2v) is 1.98. The lowest BCUT2D eigenvalue weighted by Gasteiger charge is -1.92. The van der Waals surface area contributed by atoms with Crippen LogP contribution in [0.4, 0.5) is 4.39 Å². The predicted octanol–water partition coefficient (Wildman–Crippen LogP) is 2.96. The quantitative estimate of drug-likeness (QED) is 0.646. The molecule has 70 valence electrons. The molecule has 0 aromatic rings. The lowest BCUT2D eigenvalue weighted by atomic mass is 10.2. The molecule has 0 spiro atoms. The highest BCUT2D eigenvalue weighted by molar-refractivity contribution is 5.20. The van der Waals surface area contributed by atoms with Crippen LogP contribution in [-0.4, -0.2) is 6.54 Å². The van der Waals surface area contributed by atoms with Crippen LogP contribution in [0.3, 0.4) is 0 Å². The van der Waals surface area contributed by atoms with Crippen molar-refractivity contribution < 1.29 is 4.39 Å². The fourth-order valence-corrected chi connectivity index (χ4v) is 0.477. The van der Waals surface area contributed by atoms with Gasteiger partial charge in [0.2, 0.25) is 0 Å². The summed E-state index contributed by atoms with van der Waals surface area (Å²) in [6, 6.07) is 0. The van der Waals surface area contributed by atoms with E-state index in [1.165, 1.54) is 6.08 Å². The Kier molecular flexibility index (Phi) is 11.5. The first-order valence-corrected chi connectivity index (χ1v) is 4.07. The molecule has 0 atom stereocenters. The number of nitrogens with two attached hydrogens (primary N) is 1. The summed E-state index contributed by atoms with van der Waals surface area (Å²) in [5.41, 5.74) is 6.05. The number of rotatable bonds is 4. The summed E-state index contributed by atoms with van der Waals surface area (Å²) in [6.45, 7) is 11.2. The molecule has 2 heteroatoms. The van der Waals surface area contributed by atoms with E-state index in [0.717, 1.165) is 5.57 Å². The average molecular weight is 171 g/mol. The summed E-state index contributed by atoms with van der Waals surface area (Å²) in [6.07, 6.45) is 3.55. The monoisotopic (exact) mass is 171 g/mol. The standard InChI is InChI=1S/C8H12FN.C2H6/c1-7(5-6-10)3-4-8(2)9;1-2/h3-4H,1-2,5-6,10H2;1-2H3/b4-3-;. The number of halogens is 1. The van der Waals surface area contributed by atoms with Crippen molar-refractivity contribution in [2.45, 2.75) is 20.3 Å². The van der Waals surface area contributed by atoms with Gasteiger partial charge in [-0.1, -0.05) is 38.7 Å². The lowest BCUT2D eigenvalue weighted by Crippen LogP contribution is -1.98. The van der Waals surface area contributed by atoms with Crippen LogP contribution in [0.5, 0.6) is 0 Å². The van der Waals surface area contributed by atoms with Gasteiger partial charge in [0, 0.05) is 0 Å². The molecule has 0 bridgehead atoms. The van der Waals surface area contributed by atoms with Gasteiger partial charge in [0.1, 0.15) is 5.83 Å². The molecule has 2 N–H and O–H groups in total. The Morgan fingerprint density at radius 3 is 2.17 bits per heavy atom. The summed E-state index contributed by atoms with van der Waals surface area (Å²) < 4.78 is 11.9. The van der Waals surface area contributed by atoms with E-state index in [2.05, 4.69) is 13.2 Å². The maximum absolute atomic E-state index is 11.9. The van der Waals surface area contributed by atoms with Crippen LogP contribution in [-0.2, 0) is 0 Å². The topological polar surface area (TPSA) is 26.0 Å². The molecule has 0 rings (SSSR count). The highest BCUT2D eigenvalue weighted by atomic mass is 19.1. The van der Waals surface area contributed by atoms with E-state index in [9.17, 15) is 4.39 Å². The van der Waals surface area contributed by atoms with E-state index in [1.54, 1.807) is 6.08 Å². The van der Waals surface area contributed by atoms with E-state index in [-0.39, 0.29) is 0 Å². The van der Waals surface area contributed by atoms with Gasteiger partial charge in [-0.15, -0.1) is 0 Å². The largest absolute Gasteiger partial charge is 0.330 e. The third kappa shape index (κ3) is 11.9. The maximum atomic E-state index is 11.9. The third-order valence-electron chi connectivity index (χ3n) is 0.965. The van der Waals surface area contributed by atoms with E-state index in [4.69, 9.17) is 5.73 Å². The summed E-state index contributed by atoms with van der Waals surface area (Å²) in [5, 5.41) is 0. The molecule has 0 aliphatic carbocycles. The average Bonchev–Trinajstić information content (AvgIpc) is 2.05. The minimum atomic E-state index is -0.460. The second kappa shape index (κ2) is 10.1. The smallest absolute Gasteiger partial charge is 0.116 e. The highest BCUT2D eigenvalue weighted by Crippen LogP contribution is 2.01. The summed E-state index contributed by atoms with van der Waals surface area (Å²) in [5.74, 6) is -0.460. The fourth-order valence-electron chi connectivity index (χ4n) is 0.477. The molecule has 0 aliphatic rings.